The number of aromatic hydroxyl groups is 1. The fourth-order valence-electron chi connectivity index (χ4n) is 1.17. The average molecular weight is 238 g/mol. The van der Waals surface area contributed by atoms with Crippen molar-refractivity contribution in [3.63, 3.8) is 0 Å². The molecule has 0 saturated carbocycles. The normalized spacial score (nSPS) is 9.76. The molecular weight excluding hydrogens is 224 g/mol. The van der Waals surface area contributed by atoms with Gasteiger partial charge in [0.1, 0.15) is 5.75 Å². The number of carbonyl (C=O) groups is 2. The highest BCUT2D eigenvalue weighted by atomic mass is 16.4. The summed E-state index contributed by atoms with van der Waals surface area (Å²) in [5.74, 6) is -1.38. The van der Waals surface area contributed by atoms with Gasteiger partial charge in [-0.15, -0.1) is 0 Å². The molecule has 3 N–H and O–H groups in total. The molecular formula is C11H14N2O4. The molecule has 0 saturated heterocycles. The predicted octanol–water partition coefficient (Wildman–Crippen LogP) is 1.57. The summed E-state index contributed by atoms with van der Waals surface area (Å²) in [7, 11) is 1.59. The molecule has 1 aromatic carbocycles. The quantitative estimate of drug-likeness (QED) is 0.697. The summed E-state index contributed by atoms with van der Waals surface area (Å²) in [6.07, 6.45) is 0. The first-order valence-corrected chi connectivity index (χ1v) is 5.04. The van der Waals surface area contributed by atoms with Crippen LogP contribution in [0.2, 0.25) is 0 Å². The van der Waals surface area contributed by atoms with Crippen molar-refractivity contribution < 1.29 is 19.8 Å². The lowest BCUT2D eigenvalue weighted by Gasteiger charge is -2.16. The van der Waals surface area contributed by atoms with E-state index < -0.39 is 12.0 Å². The number of carbonyl (C=O) groups excluding carboxylic acids is 1. The van der Waals surface area contributed by atoms with Gasteiger partial charge in [0.25, 0.3) is 0 Å². The smallest absolute Gasteiger partial charge is 0.337 e. The van der Waals surface area contributed by atoms with E-state index in [4.69, 9.17) is 5.11 Å². The SMILES string of the molecule is CCN(C)C(=O)Nc1ccc(O)cc1C(=O)O. The number of phenolic OH excluding ortho intramolecular Hbond substituents is 1. The van der Waals surface area contributed by atoms with Crippen molar-refractivity contribution in [3.8, 4) is 5.75 Å². The van der Waals surface area contributed by atoms with E-state index in [1.54, 1.807) is 14.0 Å². The standard InChI is InChI=1S/C11H14N2O4/c1-3-13(2)11(17)12-9-5-4-7(14)6-8(9)10(15)16/h4-6,14H,3H2,1-2H3,(H,12,17)(H,15,16). The number of benzene rings is 1. The van der Waals surface area contributed by atoms with E-state index in [0.29, 0.717) is 6.54 Å². The molecule has 2 amide bonds. The van der Waals surface area contributed by atoms with Gasteiger partial charge in [0.05, 0.1) is 11.3 Å². The lowest BCUT2D eigenvalue weighted by Crippen LogP contribution is -2.31. The summed E-state index contributed by atoms with van der Waals surface area (Å²) in [6.45, 7) is 2.31. The van der Waals surface area contributed by atoms with Crippen molar-refractivity contribution in [3.05, 3.63) is 23.8 Å². The molecule has 0 unspecified atom stereocenters. The molecule has 0 bridgehead atoms. The van der Waals surface area contributed by atoms with Crippen molar-refractivity contribution in [2.24, 2.45) is 0 Å². The third-order valence-corrected chi connectivity index (χ3v) is 2.30. The first kappa shape index (κ1) is 12.8. The van der Waals surface area contributed by atoms with Crippen LogP contribution in [0.15, 0.2) is 18.2 Å². The van der Waals surface area contributed by atoms with E-state index in [0.717, 1.165) is 6.07 Å². The molecule has 0 radical (unpaired) electrons. The Balaban J connectivity index is 2.98. The summed E-state index contributed by atoms with van der Waals surface area (Å²) in [4.78, 5) is 23.9. The average Bonchev–Trinajstić information content (AvgIpc) is 2.29. The summed E-state index contributed by atoms with van der Waals surface area (Å²) < 4.78 is 0. The topological polar surface area (TPSA) is 89.9 Å². The van der Waals surface area contributed by atoms with Crippen LogP contribution in [0.3, 0.4) is 0 Å². The number of amides is 2. The van der Waals surface area contributed by atoms with Crippen LogP contribution in [-0.4, -0.2) is 40.7 Å². The highest BCUT2D eigenvalue weighted by Gasteiger charge is 2.14. The monoisotopic (exact) mass is 238 g/mol. The maximum atomic E-state index is 11.6. The van der Waals surface area contributed by atoms with E-state index in [2.05, 4.69) is 5.32 Å². The molecule has 92 valence electrons. The fraction of sp³-hybridized carbons (Fsp3) is 0.273. The molecule has 1 rings (SSSR count). The molecule has 17 heavy (non-hydrogen) atoms. The van der Waals surface area contributed by atoms with Crippen LogP contribution in [0.1, 0.15) is 17.3 Å². The fourth-order valence-corrected chi connectivity index (χ4v) is 1.17. The van der Waals surface area contributed by atoms with Gasteiger partial charge >= 0.3 is 12.0 Å². The maximum Gasteiger partial charge on any atom is 0.337 e. The van der Waals surface area contributed by atoms with Gasteiger partial charge in [0.2, 0.25) is 0 Å². The van der Waals surface area contributed by atoms with Gasteiger partial charge in [-0.3, -0.25) is 0 Å². The van der Waals surface area contributed by atoms with Crippen LogP contribution in [0, 0.1) is 0 Å². The van der Waals surface area contributed by atoms with Gasteiger partial charge in [-0.05, 0) is 25.1 Å². The molecule has 1 aromatic rings. The van der Waals surface area contributed by atoms with E-state index in [1.165, 1.54) is 17.0 Å². The molecule has 0 aliphatic carbocycles. The van der Waals surface area contributed by atoms with Crippen LogP contribution >= 0.6 is 0 Å². The van der Waals surface area contributed by atoms with Crippen molar-refractivity contribution in [1.29, 1.82) is 0 Å². The summed E-state index contributed by atoms with van der Waals surface area (Å²) in [6, 6.07) is 3.35. The van der Waals surface area contributed by atoms with Crippen molar-refractivity contribution in [1.82, 2.24) is 4.90 Å². The molecule has 0 aliphatic heterocycles. The van der Waals surface area contributed by atoms with Crippen LogP contribution in [-0.2, 0) is 0 Å². The first-order chi connectivity index (χ1) is 7.95. The third kappa shape index (κ3) is 3.10. The number of aromatic carboxylic acids is 1. The second-order valence-corrected chi connectivity index (χ2v) is 3.48. The molecule has 0 spiro atoms. The van der Waals surface area contributed by atoms with E-state index in [-0.39, 0.29) is 17.0 Å². The summed E-state index contributed by atoms with van der Waals surface area (Å²) in [5.41, 5.74) is 0.00320. The van der Waals surface area contributed by atoms with Crippen LogP contribution < -0.4 is 5.32 Å². The first-order valence-electron chi connectivity index (χ1n) is 5.04. The number of hydrogen-bond acceptors (Lipinski definition) is 3. The number of hydrogen-bond donors (Lipinski definition) is 3. The minimum atomic E-state index is -1.21. The van der Waals surface area contributed by atoms with Crippen molar-refractivity contribution >= 4 is 17.7 Å². The van der Waals surface area contributed by atoms with Crippen molar-refractivity contribution in [2.45, 2.75) is 6.92 Å². The van der Waals surface area contributed by atoms with Gasteiger partial charge < -0.3 is 20.4 Å². The predicted molar refractivity (Wildman–Crippen MR) is 62.4 cm³/mol. The lowest BCUT2D eigenvalue weighted by atomic mass is 10.1. The maximum absolute atomic E-state index is 11.6. The number of anilines is 1. The second-order valence-electron chi connectivity index (χ2n) is 3.48. The van der Waals surface area contributed by atoms with Gasteiger partial charge in [-0.2, -0.15) is 0 Å². The van der Waals surface area contributed by atoms with E-state index in [9.17, 15) is 14.7 Å². The lowest BCUT2D eigenvalue weighted by molar-refractivity contribution is 0.0697. The molecule has 6 nitrogen and oxygen atoms in total. The van der Waals surface area contributed by atoms with Crippen LogP contribution in [0.25, 0.3) is 0 Å². The van der Waals surface area contributed by atoms with Crippen LogP contribution in [0.4, 0.5) is 10.5 Å². The molecule has 0 aromatic heterocycles. The number of carboxylic acids is 1. The number of nitrogens with one attached hydrogen (secondary N) is 1. The molecule has 0 atom stereocenters. The largest absolute Gasteiger partial charge is 0.508 e. The highest BCUT2D eigenvalue weighted by molar-refractivity contribution is 6.00. The zero-order chi connectivity index (χ0) is 13.0. The van der Waals surface area contributed by atoms with E-state index >= 15 is 0 Å². The number of carboxylic acid groups (broad SMARTS) is 1. The Bertz CT molecular complexity index is 445. The molecule has 6 heteroatoms. The summed E-state index contributed by atoms with van der Waals surface area (Å²) in [5, 5.41) is 20.6. The van der Waals surface area contributed by atoms with Gasteiger partial charge in [-0.25, -0.2) is 9.59 Å². The number of rotatable bonds is 3. The molecule has 0 fully saturated rings. The Kier molecular flexibility index (Phi) is 3.92. The van der Waals surface area contributed by atoms with Gasteiger partial charge in [0, 0.05) is 13.6 Å². The van der Waals surface area contributed by atoms with Gasteiger partial charge in [-0.1, -0.05) is 0 Å². The minimum absolute atomic E-state index is 0.150. The molecule has 0 aliphatic rings. The Morgan fingerprint density at radius 3 is 2.59 bits per heavy atom. The number of nitrogens with zero attached hydrogens (tertiary/aromatic N) is 1. The van der Waals surface area contributed by atoms with E-state index in [1.807, 2.05) is 0 Å². The van der Waals surface area contributed by atoms with Crippen molar-refractivity contribution in [2.75, 3.05) is 18.9 Å². The second kappa shape index (κ2) is 5.20. The zero-order valence-corrected chi connectivity index (χ0v) is 9.60. The molecule has 0 heterocycles. The zero-order valence-electron chi connectivity index (χ0n) is 9.60. The highest BCUT2D eigenvalue weighted by Crippen LogP contribution is 2.21. The number of phenols is 1. The van der Waals surface area contributed by atoms with Gasteiger partial charge in [0.15, 0.2) is 0 Å². The Hall–Kier alpha value is -2.24. The minimum Gasteiger partial charge on any atom is -0.508 e. The Morgan fingerprint density at radius 1 is 1.41 bits per heavy atom. The van der Waals surface area contributed by atoms with Crippen LogP contribution in [0.5, 0.6) is 5.75 Å². The summed E-state index contributed by atoms with van der Waals surface area (Å²) >= 11 is 0. The number of urea groups is 1. The Labute approximate surface area is 98.5 Å². The third-order valence-electron chi connectivity index (χ3n) is 2.30. The Morgan fingerprint density at radius 2 is 2.06 bits per heavy atom.